The normalized spacial score (nSPS) is 11.8. The lowest BCUT2D eigenvalue weighted by atomic mass is 10.2. The van der Waals surface area contributed by atoms with E-state index in [9.17, 15) is 9.18 Å². The molecule has 1 atom stereocenters. The molecule has 10 nitrogen and oxygen atoms in total. The van der Waals surface area contributed by atoms with Crippen molar-refractivity contribution < 1.29 is 23.5 Å². The van der Waals surface area contributed by atoms with Crippen LogP contribution in [0, 0.1) is 5.82 Å². The molecule has 0 aliphatic heterocycles. The van der Waals surface area contributed by atoms with Gasteiger partial charge in [-0.05, 0) is 46.2 Å². The third-order valence-electron chi connectivity index (χ3n) is 4.91. The third kappa shape index (κ3) is 8.67. The van der Waals surface area contributed by atoms with Crippen molar-refractivity contribution in [1.29, 1.82) is 0 Å². The van der Waals surface area contributed by atoms with Crippen LogP contribution in [0.4, 0.5) is 15.0 Å². The van der Waals surface area contributed by atoms with Crippen LogP contribution in [0.2, 0.25) is 0 Å². The molecule has 0 saturated heterocycles. The van der Waals surface area contributed by atoms with E-state index < -0.39 is 5.60 Å². The molecule has 0 aliphatic carbocycles. The largest absolute Gasteiger partial charge is 0.471 e. The summed E-state index contributed by atoms with van der Waals surface area (Å²) >= 11 is 1.45. The maximum absolute atomic E-state index is 13.9. The van der Waals surface area contributed by atoms with E-state index in [1.165, 1.54) is 30.8 Å². The number of carbonyl (C=O) groups is 2. The number of anilines is 1. The van der Waals surface area contributed by atoms with Crippen molar-refractivity contribution in [2.45, 2.75) is 65.6 Å². The molecular weight excluding hydrogens is 487 g/mol. The van der Waals surface area contributed by atoms with Crippen LogP contribution in [0.5, 0.6) is 0 Å². The number of pyridine rings is 1. The van der Waals surface area contributed by atoms with Gasteiger partial charge in [-0.2, -0.15) is 0 Å². The van der Waals surface area contributed by atoms with Gasteiger partial charge in [-0.15, -0.1) is 0 Å². The number of fused-ring (bicyclic) bond motifs is 1. The van der Waals surface area contributed by atoms with E-state index in [1.54, 1.807) is 17.2 Å². The van der Waals surface area contributed by atoms with Gasteiger partial charge in [0.25, 0.3) is 6.47 Å². The molecule has 0 bridgehead atoms. The average molecular weight is 521 g/mol. The van der Waals surface area contributed by atoms with Crippen LogP contribution in [0.3, 0.4) is 0 Å². The fraction of sp³-hybridized carbons (Fsp3) is 0.500. The third-order valence-corrected chi connectivity index (χ3v) is 5.93. The van der Waals surface area contributed by atoms with E-state index in [0.29, 0.717) is 36.5 Å². The number of hydrogen-bond donors (Lipinski definition) is 1. The lowest BCUT2D eigenvalue weighted by Crippen LogP contribution is -2.43. The highest BCUT2D eigenvalue weighted by molar-refractivity contribution is 7.18. The van der Waals surface area contributed by atoms with Gasteiger partial charge in [0.15, 0.2) is 5.82 Å². The average Bonchev–Trinajstić information content (AvgIpc) is 3.26. The van der Waals surface area contributed by atoms with E-state index in [-0.39, 0.29) is 24.5 Å². The predicted molar refractivity (Wildman–Crippen MR) is 136 cm³/mol. The van der Waals surface area contributed by atoms with Gasteiger partial charge in [0.1, 0.15) is 28.1 Å². The Morgan fingerprint density at radius 2 is 2.03 bits per heavy atom. The monoisotopic (exact) mass is 520 g/mol. The van der Waals surface area contributed by atoms with Gasteiger partial charge in [-0.25, -0.2) is 24.1 Å². The van der Waals surface area contributed by atoms with Crippen molar-refractivity contribution in [2.75, 3.05) is 19.0 Å². The Hall–Kier alpha value is -3.41. The molecule has 3 aromatic rings. The van der Waals surface area contributed by atoms with Crippen LogP contribution < -0.4 is 5.32 Å². The summed E-state index contributed by atoms with van der Waals surface area (Å²) in [6.45, 7) is 10.7. The topological polar surface area (TPSA) is 119 Å². The molecule has 0 spiro atoms. The first-order valence-electron chi connectivity index (χ1n) is 11.5. The number of aromatic nitrogens is 4. The number of carbonyl (C=O) groups excluding carboxylic acids is 2. The number of methoxy groups -OCH3 is 1. The molecule has 196 valence electrons. The summed E-state index contributed by atoms with van der Waals surface area (Å²) in [5.41, 5.74) is 0.370. The Morgan fingerprint density at radius 3 is 2.64 bits per heavy atom. The minimum absolute atomic E-state index is 0.0458. The second-order valence-corrected chi connectivity index (χ2v) is 9.84. The van der Waals surface area contributed by atoms with Gasteiger partial charge in [0.05, 0.1) is 24.4 Å². The second-order valence-electron chi connectivity index (χ2n) is 8.78. The number of halogens is 1. The number of ether oxygens (including phenoxy) is 2. The van der Waals surface area contributed by atoms with Gasteiger partial charge in [0.2, 0.25) is 0 Å². The molecule has 0 aliphatic rings. The van der Waals surface area contributed by atoms with Gasteiger partial charge >= 0.3 is 6.09 Å². The SMILES string of the molecule is CCC(C)N(CCc1nc2c(NCc3ncccc3F)ncnc2s1)C(=O)OC(C)(C)C.COC=O. The van der Waals surface area contributed by atoms with Crippen molar-refractivity contribution in [3.05, 3.63) is 41.2 Å². The zero-order chi connectivity index (χ0) is 26.7. The molecule has 3 rings (SSSR count). The zero-order valence-corrected chi connectivity index (χ0v) is 22.3. The lowest BCUT2D eigenvalue weighted by Gasteiger charge is -2.31. The van der Waals surface area contributed by atoms with E-state index in [4.69, 9.17) is 9.53 Å². The molecule has 0 radical (unpaired) electrons. The minimum Gasteiger partial charge on any atom is -0.471 e. The van der Waals surface area contributed by atoms with Gasteiger partial charge in [-0.1, -0.05) is 18.3 Å². The Morgan fingerprint density at radius 1 is 1.31 bits per heavy atom. The van der Waals surface area contributed by atoms with E-state index in [1.807, 2.05) is 34.6 Å². The Kier molecular flexibility index (Phi) is 10.9. The van der Waals surface area contributed by atoms with Crippen LogP contribution in [-0.4, -0.2) is 62.7 Å². The molecule has 1 amide bonds. The Labute approximate surface area is 214 Å². The summed E-state index contributed by atoms with van der Waals surface area (Å²) in [6.07, 6.45) is 4.06. The number of thiazole rings is 1. The van der Waals surface area contributed by atoms with Crippen molar-refractivity contribution in [3.8, 4) is 0 Å². The highest BCUT2D eigenvalue weighted by Gasteiger charge is 2.25. The lowest BCUT2D eigenvalue weighted by molar-refractivity contribution is -0.126. The number of amides is 1. The number of rotatable bonds is 9. The minimum atomic E-state index is -0.554. The van der Waals surface area contributed by atoms with Crippen molar-refractivity contribution in [1.82, 2.24) is 24.8 Å². The summed E-state index contributed by atoms with van der Waals surface area (Å²) in [5.74, 6) is 0.144. The molecule has 1 unspecified atom stereocenters. The number of hydrogen-bond acceptors (Lipinski definition) is 10. The summed E-state index contributed by atoms with van der Waals surface area (Å²) in [4.78, 5) is 41.4. The first-order chi connectivity index (χ1) is 17.1. The van der Waals surface area contributed by atoms with E-state index in [0.717, 1.165) is 16.3 Å². The molecule has 0 aromatic carbocycles. The van der Waals surface area contributed by atoms with Gasteiger partial charge in [-0.3, -0.25) is 9.78 Å². The van der Waals surface area contributed by atoms with Crippen molar-refractivity contribution in [2.24, 2.45) is 0 Å². The van der Waals surface area contributed by atoms with Crippen LogP contribution in [-0.2, 0) is 27.2 Å². The number of nitrogens with one attached hydrogen (secondary N) is 1. The fourth-order valence-corrected chi connectivity index (χ4v) is 3.89. The molecule has 0 fully saturated rings. The van der Waals surface area contributed by atoms with Crippen LogP contribution >= 0.6 is 11.3 Å². The highest BCUT2D eigenvalue weighted by Crippen LogP contribution is 2.26. The summed E-state index contributed by atoms with van der Waals surface area (Å²) < 4.78 is 23.3. The van der Waals surface area contributed by atoms with Crippen molar-refractivity contribution in [3.63, 3.8) is 0 Å². The molecule has 3 aromatic heterocycles. The van der Waals surface area contributed by atoms with Gasteiger partial charge < -0.3 is 19.7 Å². The quantitative estimate of drug-likeness (QED) is 0.404. The van der Waals surface area contributed by atoms with E-state index in [2.05, 4.69) is 30.0 Å². The first kappa shape index (κ1) is 28.8. The molecule has 12 heteroatoms. The standard InChI is InChI=1S/C22H29FN6O2S.C2H4O2/c1-6-14(2)29(21(30)31-22(3,4)5)11-9-17-28-18-19(26-13-27-20(18)32-17)25-12-16-15(23)8-7-10-24-16;1-4-2-3/h7-8,10,13-14H,6,9,11-12H2,1-5H3,(H,25,26,27);2H,1H3. The van der Waals surface area contributed by atoms with Gasteiger partial charge in [0, 0.05) is 25.2 Å². The van der Waals surface area contributed by atoms with Crippen LogP contribution in [0.25, 0.3) is 10.3 Å². The second kappa shape index (κ2) is 13.6. The maximum Gasteiger partial charge on any atom is 0.410 e. The summed E-state index contributed by atoms with van der Waals surface area (Å²) in [6, 6.07) is 2.97. The van der Waals surface area contributed by atoms with Crippen LogP contribution in [0.15, 0.2) is 24.7 Å². The molecule has 1 N–H and O–H groups in total. The predicted octanol–water partition coefficient (Wildman–Crippen LogP) is 4.60. The molecule has 36 heavy (non-hydrogen) atoms. The zero-order valence-electron chi connectivity index (χ0n) is 21.4. The molecular formula is C24H33FN6O4S. The van der Waals surface area contributed by atoms with Crippen molar-refractivity contribution >= 4 is 40.1 Å². The van der Waals surface area contributed by atoms with Crippen LogP contribution in [0.1, 0.15) is 51.7 Å². The smallest absolute Gasteiger partial charge is 0.410 e. The summed E-state index contributed by atoms with van der Waals surface area (Å²) in [5, 5.41) is 3.94. The summed E-state index contributed by atoms with van der Waals surface area (Å²) in [7, 11) is 1.31. The maximum atomic E-state index is 13.9. The number of nitrogens with zero attached hydrogens (tertiary/aromatic N) is 5. The Bertz CT molecular complexity index is 1140. The molecule has 0 saturated carbocycles. The first-order valence-corrected chi connectivity index (χ1v) is 12.3. The fourth-order valence-electron chi connectivity index (χ4n) is 3.00. The molecule has 3 heterocycles. The highest BCUT2D eigenvalue weighted by atomic mass is 32.1. The van der Waals surface area contributed by atoms with E-state index >= 15 is 0 Å². The Balaban J connectivity index is 0.00000106.